The summed E-state index contributed by atoms with van der Waals surface area (Å²) in [5.74, 6) is -1.34. The number of carboxylic acid groups (broad SMARTS) is 1. The number of hydrogen-bond donors (Lipinski definition) is 2. The van der Waals surface area contributed by atoms with Gasteiger partial charge in [0.05, 0.1) is 12.6 Å². The maximum Gasteiger partial charge on any atom is 0.317 e. The Morgan fingerprint density at radius 1 is 1.40 bits per heavy atom. The van der Waals surface area contributed by atoms with Crippen LogP contribution in [0.2, 0.25) is 0 Å². The van der Waals surface area contributed by atoms with Gasteiger partial charge >= 0.3 is 5.97 Å². The first-order chi connectivity index (χ1) is 11.8. The lowest BCUT2D eigenvalue weighted by atomic mass is 10.0. The molecule has 0 saturated carbocycles. The molecule has 1 aliphatic heterocycles. The van der Waals surface area contributed by atoms with Gasteiger partial charge in [0.2, 0.25) is 5.91 Å². The Kier molecular flexibility index (Phi) is 6.50. The Hall–Kier alpha value is -1.99. The summed E-state index contributed by atoms with van der Waals surface area (Å²) >= 11 is 0. The van der Waals surface area contributed by atoms with Crippen molar-refractivity contribution in [3.8, 4) is 0 Å². The van der Waals surface area contributed by atoms with E-state index in [0.29, 0.717) is 11.3 Å². The molecule has 1 fully saturated rings. The van der Waals surface area contributed by atoms with Crippen LogP contribution >= 0.6 is 0 Å². The van der Waals surface area contributed by atoms with Gasteiger partial charge in [-0.1, -0.05) is 6.07 Å². The maximum absolute atomic E-state index is 13.6. The Morgan fingerprint density at radius 3 is 2.60 bits per heavy atom. The van der Waals surface area contributed by atoms with E-state index in [9.17, 15) is 14.0 Å². The van der Waals surface area contributed by atoms with Crippen molar-refractivity contribution in [3.05, 3.63) is 29.6 Å². The number of anilines is 1. The van der Waals surface area contributed by atoms with E-state index in [1.807, 2.05) is 18.9 Å². The van der Waals surface area contributed by atoms with Gasteiger partial charge in [-0.05, 0) is 51.4 Å². The van der Waals surface area contributed by atoms with E-state index >= 15 is 0 Å². The third kappa shape index (κ3) is 5.24. The van der Waals surface area contributed by atoms with E-state index in [2.05, 4.69) is 10.2 Å². The highest BCUT2D eigenvalue weighted by molar-refractivity contribution is 5.94. The molecule has 6 nitrogen and oxygen atoms in total. The Balaban J connectivity index is 1.86. The second kappa shape index (κ2) is 8.40. The summed E-state index contributed by atoms with van der Waals surface area (Å²) < 4.78 is 13.6. The van der Waals surface area contributed by atoms with E-state index < -0.39 is 5.97 Å². The number of carboxylic acids is 1. The van der Waals surface area contributed by atoms with Crippen molar-refractivity contribution in [2.75, 3.05) is 32.0 Å². The highest BCUT2D eigenvalue weighted by Gasteiger charge is 2.28. The number of piperidine rings is 1. The monoisotopic (exact) mass is 351 g/mol. The van der Waals surface area contributed by atoms with Crippen molar-refractivity contribution in [1.82, 2.24) is 9.80 Å². The van der Waals surface area contributed by atoms with Crippen LogP contribution in [0.15, 0.2) is 18.2 Å². The SMILES string of the molecule is Cc1ccc(NC(=O)C(C)N2CCC(N(C)CC(=O)O)CC2)cc1F. The fourth-order valence-electron chi connectivity index (χ4n) is 3.14. The number of carbonyl (C=O) groups excluding carboxylic acids is 1. The number of hydrogen-bond acceptors (Lipinski definition) is 4. The van der Waals surface area contributed by atoms with Crippen molar-refractivity contribution in [1.29, 1.82) is 0 Å². The van der Waals surface area contributed by atoms with Gasteiger partial charge in [-0.15, -0.1) is 0 Å². The lowest BCUT2D eigenvalue weighted by Crippen LogP contribution is -2.50. The molecule has 7 heteroatoms. The second-order valence-corrected chi connectivity index (χ2v) is 6.71. The number of carbonyl (C=O) groups is 2. The topological polar surface area (TPSA) is 72.9 Å². The molecule has 25 heavy (non-hydrogen) atoms. The van der Waals surface area contributed by atoms with Crippen LogP contribution < -0.4 is 5.32 Å². The fourth-order valence-corrected chi connectivity index (χ4v) is 3.14. The zero-order valence-corrected chi connectivity index (χ0v) is 15.0. The molecule has 1 saturated heterocycles. The number of likely N-dealkylation sites (tertiary alicyclic amines) is 1. The van der Waals surface area contributed by atoms with Crippen LogP contribution in [-0.4, -0.2) is 65.5 Å². The third-order valence-corrected chi connectivity index (χ3v) is 4.87. The summed E-state index contributed by atoms with van der Waals surface area (Å²) in [7, 11) is 1.82. The molecule has 1 aromatic rings. The van der Waals surface area contributed by atoms with Crippen molar-refractivity contribution in [2.24, 2.45) is 0 Å². The number of rotatable bonds is 6. The molecule has 2 rings (SSSR count). The van der Waals surface area contributed by atoms with E-state index in [0.717, 1.165) is 25.9 Å². The van der Waals surface area contributed by atoms with Gasteiger partial charge in [-0.2, -0.15) is 0 Å². The second-order valence-electron chi connectivity index (χ2n) is 6.71. The quantitative estimate of drug-likeness (QED) is 0.819. The molecule has 1 amide bonds. The third-order valence-electron chi connectivity index (χ3n) is 4.87. The standard InChI is InChI=1S/C18H26FN3O3/c1-12-4-5-14(10-16(12)19)20-18(25)13(2)22-8-6-15(7-9-22)21(3)11-17(23)24/h4-5,10,13,15H,6-9,11H2,1-3H3,(H,20,25)(H,23,24). The van der Waals surface area contributed by atoms with E-state index in [4.69, 9.17) is 5.11 Å². The maximum atomic E-state index is 13.6. The normalized spacial score (nSPS) is 17.5. The first kappa shape index (κ1) is 19.3. The molecule has 1 atom stereocenters. The van der Waals surface area contributed by atoms with E-state index in [1.54, 1.807) is 19.1 Å². The van der Waals surface area contributed by atoms with Gasteiger partial charge in [0, 0.05) is 24.8 Å². The largest absolute Gasteiger partial charge is 0.480 e. The number of nitrogens with one attached hydrogen (secondary N) is 1. The molecule has 0 aromatic heterocycles. The molecule has 0 radical (unpaired) electrons. The predicted molar refractivity (Wildman–Crippen MR) is 94.1 cm³/mol. The summed E-state index contributed by atoms with van der Waals surface area (Å²) in [6, 6.07) is 4.55. The van der Waals surface area contributed by atoms with Crippen molar-refractivity contribution in [3.63, 3.8) is 0 Å². The molecule has 1 aliphatic rings. The molecule has 1 aromatic carbocycles. The van der Waals surface area contributed by atoms with Crippen molar-refractivity contribution >= 4 is 17.6 Å². The average molecular weight is 351 g/mol. The van der Waals surface area contributed by atoms with Gasteiger partial charge in [0.15, 0.2) is 0 Å². The minimum atomic E-state index is -0.831. The number of nitrogens with zero attached hydrogens (tertiary/aromatic N) is 2. The minimum absolute atomic E-state index is 0.0275. The van der Waals surface area contributed by atoms with Crippen LogP contribution in [0.3, 0.4) is 0 Å². The predicted octanol–water partition coefficient (Wildman–Crippen LogP) is 1.94. The van der Waals surface area contributed by atoms with Crippen LogP contribution in [-0.2, 0) is 9.59 Å². The van der Waals surface area contributed by atoms with Crippen molar-refractivity contribution in [2.45, 2.75) is 38.8 Å². The van der Waals surface area contributed by atoms with Gasteiger partial charge in [-0.25, -0.2) is 4.39 Å². The summed E-state index contributed by atoms with van der Waals surface area (Å²) in [6.45, 7) is 4.99. The lowest BCUT2D eigenvalue weighted by molar-refractivity contribution is -0.138. The first-order valence-electron chi connectivity index (χ1n) is 8.51. The highest BCUT2D eigenvalue weighted by Crippen LogP contribution is 2.19. The molecule has 138 valence electrons. The van der Waals surface area contributed by atoms with Crippen LogP contribution in [0.4, 0.5) is 10.1 Å². The first-order valence-corrected chi connectivity index (χ1v) is 8.51. The molecule has 0 aliphatic carbocycles. The molecular weight excluding hydrogens is 325 g/mol. The van der Waals surface area contributed by atoms with Crippen LogP contribution in [0.25, 0.3) is 0 Å². The molecule has 1 heterocycles. The number of aliphatic carboxylic acids is 1. The zero-order valence-electron chi connectivity index (χ0n) is 15.0. The Bertz CT molecular complexity index is 630. The van der Waals surface area contributed by atoms with E-state index in [-0.39, 0.29) is 30.4 Å². The van der Waals surface area contributed by atoms with Crippen LogP contribution in [0, 0.1) is 12.7 Å². The summed E-state index contributed by atoms with van der Waals surface area (Å²) in [5.41, 5.74) is 0.995. The number of benzene rings is 1. The minimum Gasteiger partial charge on any atom is -0.480 e. The fraction of sp³-hybridized carbons (Fsp3) is 0.556. The molecule has 0 bridgehead atoms. The summed E-state index contributed by atoms with van der Waals surface area (Å²) in [4.78, 5) is 27.1. The number of aryl methyl sites for hydroxylation is 1. The molecule has 1 unspecified atom stereocenters. The average Bonchev–Trinajstić information content (AvgIpc) is 2.57. The van der Waals surface area contributed by atoms with Gasteiger partial charge in [0.25, 0.3) is 0 Å². The molecular formula is C18H26FN3O3. The van der Waals surface area contributed by atoms with Gasteiger partial charge in [-0.3, -0.25) is 19.4 Å². The Morgan fingerprint density at radius 2 is 2.04 bits per heavy atom. The zero-order chi connectivity index (χ0) is 18.6. The number of amides is 1. The highest BCUT2D eigenvalue weighted by atomic mass is 19.1. The summed E-state index contributed by atoms with van der Waals surface area (Å²) in [5, 5.41) is 11.6. The van der Waals surface area contributed by atoms with Gasteiger partial charge in [0.1, 0.15) is 5.82 Å². The van der Waals surface area contributed by atoms with Crippen molar-refractivity contribution < 1.29 is 19.1 Å². The van der Waals surface area contributed by atoms with Gasteiger partial charge < -0.3 is 10.4 Å². The van der Waals surface area contributed by atoms with E-state index in [1.165, 1.54) is 6.07 Å². The number of halogens is 1. The lowest BCUT2D eigenvalue weighted by Gasteiger charge is -2.38. The van der Waals surface area contributed by atoms with Crippen LogP contribution in [0.5, 0.6) is 0 Å². The van der Waals surface area contributed by atoms with Crippen LogP contribution in [0.1, 0.15) is 25.3 Å². The number of likely N-dealkylation sites (N-methyl/N-ethyl adjacent to an activating group) is 1. The smallest absolute Gasteiger partial charge is 0.317 e. The summed E-state index contributed by atoms with van der Waals surface area (Å²) in [6.07, 6.45) is 1.64. The molecule has 0 spiro atoms. The molecule has 2 N–H and O–H groups in total. The Labute approximate surface area is 147 Å².